The van der Waals surface area contributed by atoms with Crippen molar-refractivity contribution in [3.63, 3.8) is 0 Å². The van der Waals surface area contributed by atoms with Crippen molar-refractivity contribution in [2.45, 2.75) is 65.1 Å². The first-order valence-corrected chi connectivity index (χ1v) is 11.7. The molecule has 0 aromatic heterocycles. The second kappa shape index (κ2) is 6.10. The van der Waals surface area contributed by atoms with Crippen molar-refractivity contribution in [2.75, 3.05) is 0 Å². The van der Waals surface area contributed by atoms with Crippen molar-refractivity contribution in [3.8, 4) is 11.5 Å². The predicted octanol–water partition coefficient (Wildman–Crippen LogP) is 2.67. The van der Waals surface area contributed by atoms with Crippen LogP contribution in [0.25, 0.3) is 0 Å². The third-order valence-electron chi connectivity index (χ3n) is 4.36. The van der Waals surface area contributed by atoms with Crippen LogP contribution in [-0.2, 0) is 15.9 Å². The molecule has 23 heavy (non-hydrogen) atoms. The van der Waals surface area contributed by atoms with Crippen LogP contribution in [0, 0.1) is 11.5 Å². The molecule has 1 aliphatic heterocycles. The van der Waals surface area contributed by atoms with Crippen LogP contribution in [0.1, 0.15) is 38.8 Å². The van der Waals surface area contributed by atoms with Crippen molar-refractivity contribution >= 4 is 20.7 Å². The number of hydrogen-bond donors (Lipinski definition) is 1. The average Bonchev–Trinajstić information content (AvgIpc) is 2.64. The summed E-state index contributed by atoms with van der Waals surface area (Å²) in [6.45, 7) is 15.4. The lowest BCUT2D eigenvalue weighted by Crippen LogP contribution is -2.41. The summed E-state index contributed by atoms with van der Waals surface area (Å²) in [5.74, 6) is 3.31. The molecule has 3 nitrogen and oxygen atoms in total. The van der Waals surface area contributed by atoms with Crippen molar-refractivity contribution < 1.29 is 9.31 Å². The maximum Gasteiger partial charge on any atom is 0.494 e. The van der Waals surface area contributed by atoms with E-state index in [0.29, 0.717) is 6.54 Å². The molecule has 0 atom stereocenters. The molecule has 0 aliphatic carbocycles. The molecule has 1 saturated heterocycles. The number of nitrogens with two attached hydrogens (primary N) is 1. The molecule has 1 aromatic carbocycles. The standard InChI is InChI=1S/C18H28BNO2Si/c1-17(2)18(3,4)22-19(21-17)16-11-14(8-9-23(5,6)7)10-15(12-16)13-20/h10-12H,13,20H2,1-7H3. The minimum Gasteiger partial charge on any atom is -0.399 e. The van der Waals surface area contributed by atoms with E-state index in [1.165, 1.54) is 0 Å². The van der Waals surface area contributed by atoms with E-state index in [1.807, 2.05) is 0 Å². The third-order valence-corrected chi connectivity index (χ3v) is 5.23. The fraction of sp³-hybridized carbons (Fsp3) is 0.556. The van der Waals surface area contributed by atoms with Crippen LogP contribution in [-0.4, -0.2) is 26.4 Å². The fourth-order valence-electron chi connectivity index (χ4n) is 2.28. The molecule has 124 valence electrons. The molecule has 5 heteroatoms. The summed E-state index contributed by atoms with van der Waals surface area (Å²) in [7, 11) is -1.79. The highest BCUT2D eigenvalue weighted by atomic mass is 28.3. The molecule has 0 saturated carbocycles. The van der Waals surface area contributed by atoms with Crippen LogP contribution in [0.2, 0.25) is 19.6 Å². The maximum absolute atomic E-state index is 6.15. The molecule has 1 fully saturated rings. The van der Waals surface area contributed by atoms with E-state index >= 15 is 0 Å². The van der Waals surface area contributed by atoms with E-state index in [4.69, 9.17) is 15.0 Å². The highest BCUT2D eigenvalue weighted by molar-refractivity contribution is 6.83. The van der Waals surface area contributed by atoms with Crippen LogP contribution in [0.4, 0.5) is 0 Å². The Morgan fingerprint density at radius 2 is 1.61 bits per heavy atom. The van der Waals surface area contributed by atoms with Gasteiger partial charge in [0.05, 0.1) is 11.2 Å². The topological polar surface area (TPSA) is 44.5 Å². The van der Waals surface area contributed by atoms with Crippen molar-refractivity contribution in [3.05, 3.63) is 29.3 Å². The minimum absolute atomic E-state index is 0.347. The van der Waals surface area contributed by atoms with E-state index in [0.717, 1.165) is 16.6 Å². The van der Waals surface area contributed by atoms with Crippen molar-refractivity contribution in [2.24, 2.45) is 5.73 Å². The Labute approximate surface area is 142 Å². The van der Waals surface area contributed by atoms with Gasteiger partial charge in [-0.05, 0) is 50.9 Å². The van der Waals surface area contributed by atoms with Gasteiger partial charge in [-0.25, -0.2) is 0 Å². The first-order chi connectivity index (χ1) is 10.4. The normalized spacial score (nSPS) is 19.4. The van der Waals surface area contributed by atoms with E-state index in [-0.39, 0.29) is 18.3 Å². The summed E-state index contributed by atoms with van der Waals surface area (Å²) >= 11 is 0. The molecule has 2 rings (SSSR count). The fourth-order valence-corrected chi connectivity index (χ4v) is 2.80. The summed E-state index contributed by atoms with van der Waals surface area (Å²) in [6, 6.07) is 6.18. The minimum atomic E-state index is -1.42. The molecule has 0 bridgehead atoms. The summed E-state index contributed by atoms with van der Waals surface area (Å²) < 4.78 is 12.3. The number of benzene rings is 1. The van der Waals surface area contributed by atoms with Crippen LogP contribution >= 0.6 is 0 Å². The first kappa shape index (κ1) is 18.3. The lowest BCUT2D eigenvalue weighted by Gasteiger charge is -2.32. The summed E-state index contributed by atoms with van der Waals surface area (Å²) in [5, 5.41) is 0. The third kappa shape index (κ3) is 4.27. The Kier molecular flexibility index (Phi) is 4.85. The second-order valence-corrected chi connectivity index (χ2v) is 13.0. The summed E-state index contributed by atoms with van der Waals surface area (Å²) in [4.78, 5) is 0. The van der Waals surface area contributed by atoms with Gasteiger partial charge in [0.1, 0.15) is 8.07 Å². The first-order valence-electron chi connectivity index (χ1n) is 8.16. The van der Waals surface area contributed by atoms with Gasteiger partial charge in [0.25, 0.3) is 0 Å². The van der Waals surface area contributed by atoms with Gasteiger partial charge >= 0.3 is 7.12 Å². The van der Waals surface area contributed by atoms with Gasteiger partial charge in [-0.1, -0.05) is 31.6 Å². The zero-order valence-electron chi connectivity index (χ0n) is 15.4. The largest absolute Gasteiger partial charge is 0.494 e. The van der Waals surface area contributed by atoms with Crippen LogP contribution < -0.4 is 11.2 Å². The highest BCUT2D eigenvalue weighted by Gasteiger charge is 2.51. The maximum atomic E-state index is 6.15. The number of hydrogen-bond acceptors (Lipinski definition) is 3. The molecule has 2 N–H and O–H groups in total. The van der Waals surface area contributed by atoms with Crippen molar-refractivity contribution in [1.82, 2.24) is 0 Å². The van der Waals surface area contributed by atoms with Crippen LogP contribution in [0.5, 0.6) is 0 Å². The van der Waals surface area contributed by atoms with Gasteiger partial charge in [-0.3, -0.25) is 0 Å². The molecule has 0 spiro atoms. The Balaban J connectivity index is 2.38. The Hall–Kier alpha value is -1.06. The lowest BCUT2D eigenvalue weighted by atomic mass is 9.77. The quantitative estimate of drug-likeness (QED) is 0.670. The summed E-state index contributed by atoms with van der Waals surface area (Å²) in [6.07, 6.45) is 0. The van der Waals surface area contributed by atoms with Gasteiger partial charge in [-0.2, -0.15) is 0 Å². The Morgan fingerprint density at radius 3 is 2.09 bits per heavy atom. The zero-order chi connectivity index (χ0) is 17.5. The Bertz CT molecular complexity index is 637. The van der Waals surface area contributed by atoms with Gasteiger partial charge in [0.15, 0.2) is 0 Å². The van der Waals surface area contributed by atoms with Gasteiger partial charge in [0, 0.05) is 12.1 Å². The van der Waals surface area contributed by atoms with Gasteiger partial charge in [0.2, 0.25) is 0 Å². The monoisotopic (exact) mass is 329 g/mol. The Morgan fingerprint density at radius 1 is 1.04 bits per heavy atom. The zero-order valence-corrected chi connectivity index (χ0v) is 16.4. The SMILES string of the molecule is CC1(C)OB(c2cc(C#C[Si](C)(C)C)cc(CN)c2)OC1(C)C. The molecular formula is C18H28BNO2Si. The van der Waals surface area contributed by atoms with Gasteiger partial charge < -0.3 is 15.0 Å². The molecule has 0 radical (unpaired) electrons. The van der Waals surface area contributed by atoms with Gasteiger partial charge in [-0.15, -0.1) is 5.54 Å². The lowest BCUT2D eigenvalue weighted by molar-refractivity contribution is 0.00578. The smallest absolute Gasteiger partial charge is 0.399 e. The molecular weight excluding hydrogens is 301 g/mol. The molecule has 0 unspecified atom stereocenters. The predicted molar refractivity (Wildman–Crippen MR) is 100 cm³/mol. The average molecular weight is 329 g/mol. The second-order valence-electron chi connectivity index (χ2n) is 8.26. The molecule has 0 amide bonds. The van der Waals surface area contributed by atoms with E-state index < -0.39 is 8.07 Å². The highest BCUT2D eigenvalue weighted by Crippen LogP contribution is 2.36. The molecule has 1 aliphatic rings. The molecule has 1 aromatic rings. The number of rotatable bonds is 2. The van der Waals surface area contributed by atoms with Crippen molar-refractivity contribution in [1.29, 1.82) is 0 Å². The summed E-state index contributed by atoms with van der Waals surface area (Å²) in [5.41, 5.74) is 11.6. The molecule has 1 heterocycles. The van der Waals surface area contributed by atoms with E-state index in [9.17, 15) is 0 Å². The van der Waals surface area contributed by atoms with Crippen LogP contribution in [0.15, 0.2) is 18.2 Å². The van der Waals surface area contributed by atoms with E-state index in [1.54, 1.807) is 0 Å². The van der Waals surface area contributed by atoms with E-state index in [2.05, 4.69) is 77.0 Å². The van der Waals surface area contributed by atoms with Crippen LogP contribution in [0.3, 0.4) is 0 Å².